The number of anilines is 2. The van der Waals surface area contributed by atoms with E-state index in [1.54, 1.807) is 19.2 Å². The molecule has 3 rings (SSSR count). The Balaban J connectivity index is 1.80. The Labute approximate surface area is 178 Å². The van der Waals surface area contributed by atoms with Crippen molar-refractivity contribution in [3.8, 4) is 0 Å². The van der Waals surface area contributed by atoms with Gasteiger partial charge < -0.3 is 25.0 Å². The van der Waals surface area contributed by atoms with E-state index < -0.39 is 10.0 Å². The Morgan fingerprint density at radius 2 is 1.93 bits per heavy atom. The number of rotatable bonds is 8. The SMILES string of the molecule is COCCCNC(=S)Nc1cc(S(=O)(=O)N2CCOCC2)ccc1N1CCCC1. The molecule has 0 unspecified atom stereocenters. The van der Waals surface area contributed by atoms with Gasteiger partial charge in [0.25, 0.3) is 0 Å². The van der Waals surface area contributed by atoms with Crippen LogP contribution >= 0.6 is 12.2 Å². The lowest BCUT2D eigenvalue weighted by Crippen LogP contribution is -2.40. The van der Waals surface area contributed by atoms with Crippen LogP contribution in [0.25, 0.3) is 0 Å². The summed E-state index contributed by atoms with van der Waals surface area (Å²) in [5.41, 5.74) is 1.69. The molecule has 0 saturated carbocycles. The molecule has 1 aromatic rings. The van der Waals surface area contributed by atoms with Gasteiger partial charge in [0, 0.05) is 46.4 Å². The van der Waals surface area contributed by atoms with Crippen LogP contribution in [-0.2, 0) is 19.5 Å². The summed E-state index contributed by atoms with van der Waals surface area (Å²) >= 11 is 5.42. The van der Waals surface area contributed by atoms with Crippen molar-refractivity contribution < 1.29 is 17.9 Å². The molecule has 2 aliphatic heterocycles. The van der Waals surface area contributed by atoms with Gasteiger partial charge in [0.05, 0.1) is 29.5 Å². The number of thiocarbonyl (C=S) groups is 1. The monoisotopic (exact) mass is 442 g/mol. The van der Waals surface area contributed by atoms with Crippen molar-refractivity contribution in [3.05, 3.63) is 18.2 Å². The average Bonchev–Trinajstić information content (AvgIpc) is 3.26. The summed E-state index contributed by atoms with van der Waals surface area (Å²) in [4.78, 5) is 2.54. The van der Waals surface area contributed by atoms with Gasteiger partial charge in [-0.25, -0.2) is 8.42 Å². The molecule has 0 radical (unpaired) electrons. The summed E-state index contributed by atoms with van der Waals surface area (Å²) in [6, 6.07) is 5.27. The molecule has 2 heterocycles. The fourth-order valence-corrected chi connectivity index (χ4v) is 5.18. The van der Waals surface area contributed by atoms with Crippen LogP contribution in [0.2, 0.25) is 0 Å². The minimum absolute atomic E-state index is 0.270. The summed E-state index contributed by atoms with van der Waals surface area (Å²) in [6.45, 7) is 4.84. The van der Waals surface area contributed by atoms with Gasteiger partial charge in [0.1, 0.15) is 0 Å². The molecule has 0 aromatic heterocycles. The van der Waals surface area contributed by atoms with Crippen molar-refractivity contribution in [2.45, 2.75) is 24.2 Å². The van der Waals surface area contributed by atoms with Crippen LogP contribution in [-0.4, -0.2) is 77.5 Å². The molecule has 29 heavy (non-hydrogen) atoms. The number of hydrogen-bond donors (Lipinski definition) is 2. The van der Waals surface area contributed by atoms with Gasteiger partial charge in [-0.3, -0.25) is 0 Å². The fraction of sp³-hybridized carbons (Fsp3) is 0.632. The van der Waals surface area contributed by atoms with Gasteiger partial charge in [0.15, 0.2) is 5.11 Å². The zero-order valence-electron chi connectivity index (χ0n) is 16.9. The zero-order chi connectivity index (χ0) is 20.7. The lowest BCUT2D eigenvalue weighted by atomic mass is 10.2. The van der Waals surface area contributed by atoms with Crippen LogP contribution in [0, 0.1) is 0 Å². The van der Waals surface area contributed by atoms with E-state index >= 15 is 0 Å². The lowest BCUT2D eigenvalue weighted by molar-refractivity contribution is 0.0730. The lowest BCUT2D eigenvalue weighted by Gasteiger charge is -2.27. The second-order valence-corrected chi connectivity index (χ2v) is 9.46. The number of nitrogens with zero attached hydrogens (tertiary/aromatic N) is 2. The van der Waals surface area contributed by atoms with E-state index in [4.69, 9.17) is 21.7 Å². The molecule has 2 saturated heterocycles. The van der Waals surface area contributed by atoms with Crippen molar-refractivity contribution in [2.75, 3.05) is 69.9 Å². The molecule has 0 spiro atoms. The van der Waals surface area contributed by atoms with Gasteiger partial charge in [-0.05, 0) is 49.7 Å². The topological polar surface area (TPSA) is 83.1 Å². The van der Waals surface area contributed by atoms with Crippen LogP contribution < -0.4 is 15.5 Å². The van der Waals surface area contributed by atoms with E-state index in [0.717, 1.165) is 38.0 Å². The average molecular weight is 443 g/mol. The molecule has 2 fully saturated rings. The third-order valence-electron chi connectivity index (χ3n) is 5.08. The third kappa shape index (κ3) is 5.79. The van der Waals surface area contributed by atoms with Crippen molar-refractivity contribution >= 4 is 38.7 Å². The Hall–Kier alpha value is -1.46. The van der Waals surface area contributed by atoms with Gasteiger partial charge >= 0.3 is 0 Å². The van der Waals surface area contributed by atoms with E-state index in [9.17, 15) is 8.42 Å². The first-order valence-corrected chi connectivity index (χ1v) is 11.9. The highest BCUT2D eigenvalue weighted by atomic mass is 32.2. The fourth-order valence-electron chi connectivity index (χ4n) is 3.53. The number of benzene rings is 1. The van der Waals surface area contributed by atoms with Crippen LogP contribution in [0.3, 0.4) is 0 Å². The highest BCUT2D eigenvalue weighted by Gasteiger charge is 2.28. The third-order valence-corrected chi connectivity index (χ3v) is 7.22. The van der Waals surface area contributed by atoms with Crippen molar-refractivity contribution in [1.29, 1.82) is 0 Å². The van der Waals surface area contributed by atoms with E-state index in [1.165, 1.54) is 4.31 Å². The molecule has 2 N–H and O–H groups in total. The van der Waals surface area contributed by atoms with Crippen molar-refractivity contribution in [2.24, 2.45) is 0 Å². The van der Waals surface area contributed by atoms with E-state index in [1.807, 2.05) is 6.07 Å². The number of methoxy groups -OCH3 is 1. The largest absolute Gasteiger partial charge is 0.385 e. The van der Waals surface area contributed by atoms with Crippen LogP contribution in [0.15, 0.2) is 23.1 Å². The van der Waals surface area contributed by atoms with Gasteiger partial charge in [-0.2, -0.15) is 4.31 Å². The summed E-state index contributed by atoms with van der Waals surface area (Å²) in [6.07, 6.45) is 3.10. The molecule has 162 valence electrons. The molecule has 0 atom stereocenters. The number of hydrogen-bond acceptors (Lipinski definition) is 6. The van der Waals surface area contributed by atoms with E-state index in [-0.39, 0.29) is 4.90 Å². The predicted molar refractivity (Wildman–Crippen MR) is 118 cm³/mol. The summed E-state index contributed by atoms with van der Waals surface area (Å²) < 4.78 is 38.0. The molecule has 2 aliphatic rings. The molecule has 8 nitrogen and oxygen atoms in total. The normalized spacial score (nSPS) is 18.0. The molecular formula is C19H30N4O4S2. The standard InChI is InChI=1S/C19H30N4O4S2/c1-26-12-4-7-20-19(28)21-17-15-16(5-6-18(17)22-8-2-3-9-22)29(24,25)23-10-13-27-14-11-23/h5-6,15H,2-4,7-14H2,1H3,(H2,20,21,28). The zero-order valence-corrected chi connectivity index (χ0v) is 18.5. The highest BCUT2D eigenvalue weighted by Crippen LogP contribution is 2.32. The first-order valence-electron chi connectivity index (χ1n) is 10.0. The van der Waals surface area contributed by atoms with Crippen LogP contribution in [0.5, 0.6) is 0 Å². The number of morpholine rings is 1. The number of sulfonamides is 1. The van der Waals surface area contributed by atoms with Crippen LogP contribution in [0.4, 0.5) is 11.4 Å². The summed E-state index contributed by atoms with van der Waals surface area (Å²) in [7, 11) is -1.90. The summed E-state index contributed by atoms with van der Waals surface area (Å²) in [5.74, 6) is 0. The van der Waals surface area contributed by atoms with Crippen molar-refractivity contribution in [3.63, 3.8) is 0 Å². The second-order valence-electron chi connectivity index (χ2n) is 7.12. The molecule has 0 amide bonds. The van der Waals surface area contributed by atoms with Gasteiger partial charge in [-0.1, -0.05) is 0 Å². The van der Waals surface area contributed by atoms with Crippen molar-refractivity contribution in [1.82, 2.24) is 9.62 Å². The van der Waals surface area contributed by atoms with Gasteiger partial charge in [-0.15, -0.1) is 0 Å². The Morgan fingerprint density at radius 1 is 1.21 bits per heavy atom. The summed E-state index contributed by atoms with van der Waals surface area (Å²) in [5, 5.41) is 6.84. The van der Waals surface area contributed by atoms with E-state index in [2.05, 4.69) is 15.5 Å². The maximum Gasteiger partial charge on any atom is 0.243 e. The maximum atomic E-state index is 13.1. The number of ether oxygens (including phenoxy) is 2. The first kappa shape index (κ1) is 22.2. The molecule has 0 bridgehead atoms. The number of nitrogens with one attached hydrogen (secondary N) is 2. The van der Waals surface area contributed by atoms with Gasteiger partial charge in [0.2, 0.25) is 10.0 Å². The Morgan fingerprint density at radius 3 is 2.62 bits per heavy atom. The molecular weight excluding hydrogens is 412 g/mol. The first-order chi connectivity index (χ1) is 14.0. The quantitative estimate of drug-likeness (QED) is 0.464. The Bertz CT molecular complexity index is 791. The Kier molecular flexibility index (Phi) is 8.07. The molecule has 1 aromatic carbocycles. The van der Waals surface area contributed by atoms with Crippen LogP contribution in [0.1, 0.15) is 19.3 Å². The predicted octanol–water partition coefficient (Wildman–Crippen LogP) is 1.63. The smallest absolute Gasteiger partial charge is 0.243 e. The second kappa shape index (κ2) is 10.5. The minimum Gasteiger partial charge on any atom is -0.385 e. The highest BCUT2D eigenvalue weighted by molar-refractivity contribution is 7.89. The maximum absolute atomic E-state index is 13.1. The molecule has 10 heteroatoms. The molecule has 0 aliphatic carbocycles. The minimum atomic E-state index is -3.57. The van der Waals surface area contributed by atoms with E-state index in [0.29, 0.717) is 50.3 Å².